The SMILES string of the molecule is CC1=C(CO[C@@H]2O[C@H](CO)[C@@H](O)[C@H](O)[C@H]2O)C(=O)O[C@@H]([C@@H](CO)C2CCC3C4C[C@@H](O)[C@@]5(O)CC=CC(=O)C5(C)C4CCC32C)C1. The van der Waals surface area contributed by atoms with Crippen LogP contribution in [0.4, 0.5) is 0 Å². The number of aliphatic hydroxyl groups is 7. The number of esters is 1. The van der Waals surface area contributed by atoms with Crippen LogP contribution >= 0.6 is 0 Å². The van der Waals surface area contributed by atoms with Crippen molar-refractivity contribution in [2.24, 2.45) is 40.4 Å². The van der Waals surface area contributed by atoms with Gasteiger partial charge in [0.15, 0.2) is 12.1 Å². The Labute approximate surface area is 269 Å². The first-order chi connectivity index (χ1) is 21.7. The molecule has 6 unspecified atom stereocenters. The summed E-state index contributed by atoms with van der Waals surface area (Å²) >= 11 is 0. The van der Waals surface area contributed by atoms with Crippen LogP contribution in [0.5, 0.6) is 0 Å². The van der Waals surface area contributed by atoms with Crippen molar-refractivity contribution in [2.75, 3.05) is 19.8 Å². The summed E-state index contributed by atoms with van der Waals surface area (Å²) in [6.45, 7) is 4.81. The first-order valence-corrected chi connectivity index (χ1v) is 16.8. The van der Waals surface area contributed by atoms with Crippen LogP contribution in [0.25, 0.3) is 0 Å². The Bertz CT molecular complexity index is 1260. The standard InChI is InChI=1S/C34H50O12/c1-16-11-23(45-30(42)19(16)15-44-31-29(41)28(40)27(39)24(14-36)46-31)18(13-35)21-7-6-20-17-12-26(38)34(43)9-4-5-25(37)33(34,3)22(17)8-10-32(20,21)2/h4-5,17-18,20-24,26-29,31,35-36,38-41,43H,6-15H2,1-3H3/t17?,18-,20?,21?,22?,23+,24+,26+,27+,28-,29+,31+,32?,33?,34-/m0/s1. The second kappa shape index (κ2) is 12.3. The molecule has 4 fully saturated rings. The number of allylic oxidation sites excluding steroid dienone is 1. The quantitative estimate of drug-likeness (QED) is 0.184. The van der Waals surface area contributed by atoms with Crippen LogP contribution in [0, 0.1) is 40.4 Å². The minimum Gasteiger partial charge on any atom is -0.458 e. The van der Waals surface area contributed by atoms with Crippen molar-refractivity contribution in [1.82, 2.24) is 0 Å². The van der Waals surface area contributed by atoms with Crippen molar-refractivity contribution in [3.05, 3.63) is 23.3 Å². The lowest BCUT2D eigenvalue weighted by molar-refractivity contribution is -0.299. The average molecular weight is 651 g/mol. The number of hydrogen-bond acceptors (Lipinski definition) is 12. The summed E-state index contributed by atoms with van der Waals surface area (Å²) < 4.78 is 17.0. The number of aliphatic hydroxyl groups excluding tert-OH is 6. The van der Waals surface area contributed by atoms with E-state index < -0.39 is 66.5 Å². The highest BCUT2D eigenvalue weighted by atomic mass is 16.7. The minimum absolute atomic E-state index is 0.0358. The number of carbonyl (C=O) groups excluding carboxylic acids is 2. The van der Waals surface area contributed by atoms with Crippen LogP contribution in [-0.2, 0) is 23.8 Å². The number of ketones is 1. The molecule has 0 spiro atoms. The molecule has 2 aliphatic heterocycles. The van der Waals surface area contributed by atoms with Gasteiger partial charge < -0.3 is 50.0 Å². The van der Waals surface area contributed by atoms with Gasteiger partial charge in [-0.25, -0.2) is 4.79 Å². The Kier molecular flexibility index (Phi) is 9.13. The molecule has 0 bridgehead atoms. The van der Waals surface area contributed by atoms with Gasteiger partial charge in [-0.2, -0.15) is 0 Å². The Morgan fingerprint density at radius 1 is 1.02 bits per heavy atom. The molecule has 0 amide bonds. The number of rotatable bonds is 7. The van der Waals surface area contributed by atoms with E-state index in [9.17, 15) is 45.3 Å². The maximum Gasteiger partial charge on any atom is 0.336 e. The van der Waals surface area contributed by atoms with Crippen LogP contribution in [0.15, 0.2) is 23.3 Å². The summed E-state index contributed by atoms with van der Waals surface area (Å²) in [7, 11) is 0. The fourth-order valence-corrected chi connectivity index (χ4v) is 10.6. The van der Waals surface area contributed by atoms with E-state index in [2.05, 4.69) is 6.92 Å². The third-order valence-corrected chi connectivity index (χ3v) is 13.4. The summed E-state index contributed by atoms with van der Waals surface area (Å²) in [6.07, 6.45) is -1.34. The Balaban J connectivity index is 1.17. The molecule has 12 heteroatoms. The van der Waals surface area contributed by atoms with Crippen molar-refractivity contribution in [1.29, 1.82) is 0 Å². The van der Waals surface area contributed by atoms with E-state index in [-0.39, 0.29) is 66.0 Å². The zero-order chi connectivity index (χ0) is 33.3. The normalized spacial score (nSPS) is 49.7. The second-order valence-electron chi connectivity index (χ2n) is 15.2. The summed E-state index contributed by atoms with van der Waals surface area (Å²) in [4.78, 5) is 26.6. The topological polar surface area (TPSA) is 203 Å². The highest BCUT2D eigenvalue weighted by molar-refractivity contribution is 5.97. The van der Waals surface area contributed by atoms with Crippen LogP contribution in [0.3, 0.4) is 0 Å². The maximum atomic E-state index is 13.3. The molecule has 0 radical (unpaired) electrons. The molecule has 0 aromatic heterocycles. The Morgan fingerprint density at radius 2 is 1.76 bits per heavy atom. The predicted molar refractivity (Wildman–Crippen MR) is 160 cm³/mol. The van der Waals surface area contributed by atoms with E-state index in [0.717, 1.165) is 25.7 Å². The van der Waals surface area contributed by atoms with Gasteiger partial charge >= 0.3 is 5.97 Å². The van der Waals surface area contributed by atoms with Gasteiger partial charge in [-0.3, -0.25) is 4.79 Å². The molecule has 6 rings (SSSR count). The molecular formula is C34H50O12. The summed E-state index contributed by atoms with van der Waals surface area (Å²) in [5, 5.41) is 73.5. The number of fused-ring (bicyclic) bond motifs is 5. The van der Waals surface area contributed by atoms with E-state index in [1.165, 1.54) is 0 Å². The van der Waals surface area contributed by atoms with Crippen molar-refractivity contribution in [3.8, 4) is 0 Å². The minimum atomic E-state index is -1.60. The first kappa shape index (κ1) is 34.1. The lowest BCUT2D eigenvalue weighted by atomic mass is 9.43. The van der Waals surface area contributed by atoms with Gasteiger partial charge in [0.25, 0.3) is 0 Å². The number of carbonyl (C=O) groups is 2. The van der Waals surface area contributed by atoms with Crippen LogP contribution < -0.4 is 0 Å². The zero-order valence-corrected chi connectivity index (χ0v) is 26.8. The second-order valence-corrected chi connectivity index (χ2v) is 15.2. The number of hydrogen-bond donors (Lipinski definition) is 7. The third kappa shape index (κ3) is 4.97. The van der Waals surface area contributed by atoms with E-state index in [1.54, 1.807) is 19.1 Å². The fraction of sp³-hybridized carbons (Fsp3) is 0.824. The smallest absolute Gasteiger partial charge is 0.336 e. The molecule has 15 atom stereocenters. The highest BCUT2D eigenvalue weighted by Gasteiger charge is 2.69. The van der Waals surface area contributed by atoms with Gasteiger partial charge in [0.2, 0.25) is 0 Å². The van der Waals surface area contributed by atoms with E-state index in [4.69, 9.17) is 14.2 Å². The van der Waals surface area contributed by atoms with E-state index in [1.807, 2.05) is 6.92 Å². The van der Waals surface area contributed by atoms with Gasteiger partial charge in [0.05, 0.1) is 30.3 Å². The Morgan fingerprint density at radius 3 is 2.43 bits per heavy atom. The van der Waals surface area contributed by atoms with Crippen LogP contribution in [0.2, 0.25) is 0 Å². The highest BCUT2D eigenvalue weighted by Crippen LogP contribution is 2.68. The van der Waals surface area contributed by atoms with Gasteiger partial charge in [0.1, 0.15) is 36.1 Å². The largest absolute Gasteiger partial charge is 0.458 e. The lowest BCUT2D eigenvalue weighted by Crippen LogP contribution is -2.69. The molecule has 6 aliphatic rings. The lowest BCUT2D eigenvalue weighted by Gasteiger charge is -2.63. The molecule has 46 heavy (non-hydrogen) atoms. The van der Waals surface area contributed by atoms with Gasteiger partial charge in [0, 0.05) is 18.9 Å². The van der Waals surface area contributed by atoms with Crippen LogP contribution in [-0.4, -0.2) is 116 Å². The van der Waals surface area contributed by atoms with Gasteiger partial charge in [-0.15, -0.1) is 0 Å². The maximum absolute atomic E-state index is 13.3. The van der Waals surface area contributed by atoms with Crippen molar-refractivity contribution >= 4 is 11.8 Å². The molecule has 7 N–H and O–H groups in total. The predicted octanol–water partition coefficient (Wildman–Crippen LogP) is 0.133. The molecule has 4 aliphatic carbocycles. The molecule has 1 saturated heterocycles. The number of ether oxygens (including phenoxy) is 3. The van der Waals surface area contributed by atoms with E-state index in [0.29, 0.717) is 18.4 Å². The molecule has 12 nitrogen and oxygen atoms in total. The molecule has 0 aromatic carbocycles. The molecule has 2 heterocycles. The zero-order valence-electron chi connectivity index (χ0n) is 26.8. The Hall–Kier alpha value is -1.74. The van der Waals surface area contributed by atoms with Gasteiger partial charge in [-0.05, 0) is 87.5 Å². The third-order valence-electron chi connectivity index (χ3n) is 13.4. The number of cyclic esters (lactones) is 1. The fourth-order valence-electron chi connectivity index (χ4n) is 10.6. The summed E-state index contributed by atoms with van der Waals surface area (Å²) in [6, 6.07) is 0. The van der Waals surface area contributed by atoms with E-state index >= 15 is 0 Å². The van der Waals surface area contributed by atoms with Crippen molar-refractivity contribution in [2.45, 2.75) is 114 Å². The molecular weight excluding hydrogens is 600 g/mol. The van der Waals surface area contributed by atoms with Crippen molar-refractivity contribution in [3.63, 3.8) is 0 Å². The average Bonchev–Trinajstić information content (AvgIpc) is 3.36. The van der Waals surface area contributed by atoms with Crippen molar-refractivity contribution < 1.29 is 59.5 Å². The van der Waals surface area contributed by atoms with Crippen LogP contribution in [0.1, 0.15) is 65.7 Å². The monoisotopic (exact) mass is 650 g/mol. The molecule has 258 valence electrons. The molecule has 0 aromatic rings. The summed E-state index contributed by atoms with van der Waals surface area (Å²) in [5.74, 6) is -0.867. The van der Waals surface area contributed by atoms with Gasteiger partial charge in [-0.1, -0.05) is 18.6 Å². The summed E-state index contributed by atoms with van der Waals surface area (Å²) in [5.41, 5.74) is -1.81. The first-order valence-electron chi connectivity index (χ1n) is 16.8. The molecule has 3 saturated carbocycles.